The van der Waals surface area contributed by atoms with Crippen LogP contribution >= 0.6 is 0 Å². The molecule has 1 unspecified atom stereocenters. The van der Waals surface area contributed by atoms with Crippen LogP contribution in [0.15, 0.2) is 41.1 Å². The Morgan fingerprint density at radius 2 is 2.15 bits per heavy atom. The monoisotopic (exact) mass is 366 g/mol. The van der Waals surface area contributed by atoms with Gasteiger partial charge < -0.3 is 19.3 Å². The van der Waals surface area contributed by atoms with E-state index in [-0.39, 0.29) is 12.6 Å². The molecule has 142 valence electrons. The van der Waals surface area contributed by atoms with Crippen LogP contribution in [0.25, 0.3) is 11.0 Å². The Morgan fingerprint density at radius 3 is 2.96 bits per heavy atom. The molecule has 6 nitrogen and oxygen atoms in total. The van der Waals surface area contributed by atoms with Gasteiger partial charge in [0.1, 0.15) is 29.3 Å². The maximum absolute atomic E-state index is 9.60. The largest absolute Gasteiger partial charge is 0.461 e. The molecule has 1 aromatic carbocycles. The highest BCUT2D eigenvalue weighted by molar-refractivity contribution is 5.82. The lowest BCUT2D eigenvalue weighted by Gasteiger charge is -2.25. The van der Waals surface area contributed by atoms with E-state index in [0.29, 0.717) is 0 Å². The molecule has 1 atom stereocenters. The molecular weight excluding hydrogens is 340 g/mol. The topological polar surface area (TPSA) is 65.6 Å². The van der Waals surface area contributed by atoms with Crippen LogP contribution < -0.4 is 9.80 Å². The van der Waals surface area contributed by atoms with E-state index in [2.05, 4.69) is 32.8 Å². The van der Waals surface area contributed by atoms with Crippen LogP contribution in [0.2, 0.25) is 0 Å². The molecule has 0 radical (unpaired) electrons. The summed E-state index contributed by atoms with van der Waals surface area (Å²) in [6, 6.07) is 10.4. The van der Waals surface area contributed by atoms with Crippen molar-refractivity contribution in [1.82, 2.24) is 9.97 Å². The van der Waals surface area contributed by atoms with Crippen LogP contribution in [0.1, 0.15) is 31.1 Å². The van der Waals surface area contributed by atoms with Crippen LogP contribution in [-0.4, -0.2) is 41.3 Å². The molecule has 4 rings (SSSR count). The Labute approximate surface area is 159 Å². The summed E-state index contributed by atoms with van der Waals surface area (Å²) in [7, 11) is 2.04. The minimum Gasteiger partial charge on any atom is -0.461 e. The van der Waals surface area contributed by atoms with E-state index in [0.717, 1.165) is 60.7 Å². The van der Waals surface area contributed by atoms with Crippen LogP contribution in [0.4, 0.5) is 11.6 Å². The molecule has 2 aromatic heterocycles. The van der Waals surface area contributed by atoms with Gasteiger partial charge in [0.2, 0.25) is 0 Å². The summed E-state index contributed by atoms with van der Waals surface area (Å²) in [5.74, 6) is 2.78. The zero-order valence-electron chi connectivity index (χ0n) is 15.9. The predicted octanol–water partition coefficient (Wildman–Crippen LogP) is 3.38. The van der Waals surface area contributed by atoms with Crippen molar-refractivity contribution in [3.05, 3.63) is 48.0 Å². The number of aliphatic hydroxyl groups excluding tert-OH is 1. The Hall–Kier alpha value is -2.60. The fourth-order valence-electron chi connectivity index (χ4n) is 3.96. The van der Waals surface area contributed by atoms with E-state index in [4.69, 9.17) is 4.42 Å². The maximum Gasteiger partial charge on any atom is 0.134 e. The van der Waals surface area contributed by atoms with Gasteiger partial charge in [0.05, 0.1) is 12.6 Å². The lowest BCUT2D eigenvalue weighted by atomic mass is 10.1. The van der Waals surface area contributed by atoms with Gasteiger partial charge in [0, 0.05) is 43.6 Å². The molecule has 0 aliphatic carbocycles. The number of furan rings is 1. The number of hydrogen-bond donors (Lipinski definition) is 1. The molecule has 27 heavy (non-hydrogen) atoms. The molecule has 1 fully saturated rings. The zero-order valence-corrected chi connectivity index (χ0v) is 15.9. The Kier molecular flexibility index (Phi) is 4.99. The van der Waals surface area contributed by atoms with Crippen molar-refractivity contribution in [3.8, 4) is 0 Å². The summed E-state index contributed by atoms with van der Waals surface area (Å²) >= 11 is 0. The van der Waals surface area contributed by atoms with Crippen LogP contribution in [-0.2, 0) is 13.0 Å². The molecule has 0 saturated carbocycles. The van der Waals surface area contributed by atoms with Crippen molar-refractivity contribution in [2.45, 2.75) is 38.8 Å². The van der Waals surface area contributed by atoms with Gasteiger partial charge in [-0.05, 0) is 18.9 Å². The lowest BCUT2D eigenvalue weighted by molar-refractivity contribution is 0.266. The Bertz CT molecular complexity index is 923. The highest BCUT2D eigenvalue weighted by atomic mass is 16.3. The van der Waals surface area contributed by atoms with Gasteiger partial charge in [-0.25, -0.2) is 9.97 Å². The van der Waals surface area contributed by atoms with E-state index >= 15 is 0 Å². The molecule has 1 N–H and O–H groups in total. The van der Waals surface area contributed by atoms with Crippen LogP contribution in [0.5, 0.6) is 0 Å². The molecule has 0 amide bonds. The average molecular weight is 366 g/mol. The molecule has 1 aliphatic heterocycles. The van der Waals surface area contributed by atoms with Crippen molar-refractivity contribution >= 4 is 22.6 Å². The molecule has 6 heteroatoms. The molecular formula is C21H26N4O2. The fraction of sp³-hybridized carbons (Fsp3) is 0.429. The number of anilines is 2. The number of aryl methyl sites for hydroxylation is 1. The van der Waals surface area contributed by atoms with E-state index in [9.17, 15) is 5.11 Å². The maximum atomic E-state index is 9.60. The Balaban J connectivity index is 1.61. The molecule has 3 heterocycles. The average Bonchev–Trinajstić information content (AvgIpc) is 3.32. The van der Waals surface area contributed by atoms with Gasteiger partial charge in [-0.15, -0.1) is 0 Å². The van der Waals surface area contributed by atoms with Crippen molar-refractivity contribution in [1.29, 1.82) is 0 Å². The second kappa shape index (κ2) is 7.56. The van der Waals surface area contributed by atoms with Gasteiger partial charge >= 0.3 is 0 Å². The minimum atomic E-state index is 0.155. The third-order valence-corrected chi connectivity index (χ3v) is 5.41. The number of aromatic nitrogens is 2. The number of fused-ring (bicyclic) bond motifs is 1. The minimum absolute atomic E-state index is 0.155. The number of hydrogen-bond acceptors (Lipinski definition) is 6. The number of nitrogens with zero attached hydrogens (tertiary/aromatic N) is 4. The quantitative estimate of drug-likeness (QED) is 0.721. The second-order valence-corrected chi connectivity index (χ2v) is 7.12. The smallest absolute Gasteiger partial charge is 0.134 e. The first-order chi connectivity index (χ1) is 13.2. The summed E-state index contributed by atoms with van der Waals surface area (Å²) in [5.41, 5.74) is 2.15. The number of rotatable bonds is 6. The molecule has 1 aliphatic rings. The highest BCUT2D eigenvalue weighted by Crippen LogP contribution is 2.30. The zero-order chi connectivity index (χ0) is 18.8. The van der Waals surface area contributed by atoms with Gasteiger partial charge in [-0.2, -0.15) is 0 Å². The summed E-state index contributed by atoms with van der Waals surface area (Å²) in [5, 5.41) is 10.8. The van der Waals surface area contributed by atoms with E-state index in [1.54, 1.807) is 6.33 Å². The Morgan fingerprint density at radius 1 is 1.30 bits per heavy atom. The predicted molar refractivity (Wildman–Crippen MR) is 107 cm³/mol. The second-order valence-electron chi connectivity index (χ2n) is 7.12. The standard InChI is InChI=1S/C21H26N4O2/c1-3-18-17(16-8-4-5-9-19(16)27-18)12-24(2)20-11-21(23-14-22-20)25-10-6-7-15(25)13-26/h4-5,8-9,11,14-15,26H,3,6-7,10,12-13H2,1-2H3. The summed E-state index contributed by atoms with van der Waals surface area (Å²) in [4.78, 5) is 13.2. The highest BCUT2D eigenvalue weighted by Gasteiger charge is 2.25. The third-order valence-electron chi connectivity index (χ3n) is 5.41. The van der Waals surface area contributed by atoms with E-state index in [1.165, 1.54) is 5.56 Å². The van der Waals surface area contributed by atoms with Gasteiger partial charge in [0.15, 0.2) is 0 Å². The van der Waals surface area contributed by atoms with Crippen molar-refractivity contribution in [3.63, 3.8) is 0 Å². The number of aliphatic hydroxyl groups is 1. The number of benzene rings is 1. The summed E-state index contributed by atoms with van der Waals surface area (Å²) in [6.07, 6.45) is 4.56. The molecule has 0 bridgehead atoms. The fourth-order valence-corrected chi connectivity index (χ4v) is 3.96. The normalized spacial score (nSPS) is 17.0. The van der Waals surface area contributed by atoms with Crippen molar-refractivity contribution in [2.75, 3.05) is 30.0 Å². The van der Waals surface area contributed by atoms with E-state index in [1.807, 2.05) is 31.3 Å². The van der Waals surface area contributed by atoms with Crippen LogP contribution in [0.3, 0.4) is 0 Å². The molecule has 0 spiro atoms. The molecule has 1 saturated heterocycles. The summed E-state index contributed by atoms with van der Waals surface area (Å²) in [6.45, 7) is 3.93. The van der Waals surface area contributed by atoms with E-state index < -0.39 is 0 Å². The van der Waals surface area contributed by atoms with Gasteiger partial charge in [-0.1, -0.05) is 25.1 Å². The first-order valence-electron chi connectivity index (χ1n) is 9.61. The van der Waals surface area contributed by atoms with Crippen molar-refractivity contribution < 1.29 is 9.52 Å². The first kappa shape index (κ1) is 17.8. The van der Waals surface area contributed by atoms with Crippen LogP contribution in [0, 0.1) is 0 Å². The summed E-state index contributed by atoms with van der Waals surface area (Å²) < 4.78 is 6.02. The number of para-hydroxylation sites is 1. The molecule has 3 aromatic rings. The third kappa shape index (κ3) is 3.37. The first-order valence-corrected chi connectivity index (χ1v) is 9.61. The van der Waals surface area contributed by atoms with Gasteiger partial charge in [-0.3, -0.25) is 0 Å². The van der Waals surface area contributed by atoms with Gasteiger partial charge in [0.25, 0.3) is 0 Å². The SMILES string of the molecule is CCc1oc2ccccc2c1CN(C)c1cc(N2CCCC2CO)ncn1. The van der Waals surface area contributed by atoms with Crippen molar-refractivity contribution in [2.24, 2.45) is 0 Å². The lowest BCUT2D eigenvalue weighted by Crippen LogP contribution is -2.33.